The van der Waals surface area contributed by atoms with Gasteiger partial charge in [0.15, 0.2) is 0 Å². The molecular weight excluding hydrogens is 425 g/mol. The van der Waals surface area contributed by atoms with Crippen molar-refractivity contribution in [3.05, 3.63) is 35.4 Å². The standard InChI is InChI=1S/C21H30N2O2.C2HF3O2/c1-16-4-3-5-18(10-16)20(24)23-9-8-21(15-23)14-22(2)11-19(21)13-25-12-17-6-7-17;3-2(4,5)1(6)7/h3-5,10,17,19H,6-9,11-15H2,1-2H3;(H,6,7)/t19-,21-;/m1./s1. The van der Waals surface area contributed by atoms with E-state index < -0.39 is 12.1 Å². The lowest BCUT2D eigenvalue weighted by Gasteiger charge is -2.30. The molecule has 3 aliphatic rings. The van der Waals surface area contributed by atoms with E-state index in [2.05, 4.69) is 16.8 Å². The van der Waals surface area contributed by atoms with Crippen LogP contribution in [0.4, 0.5) is 13.2 Å². The maximum atomic E-state index is 12.9. The van der Waals surface area contributed by atoms with Crippen molar-refractivity contribution in [1.29, 1.82) is 0 Å². The summed E-state index contributed by atoms with van der Waals surface area (Å²) < 4.78 is 37.8. The molecule has 0 unspecified atom stereocenters. The number of carbonyl (C=O) groups excluding carboxylic acids is 1. The number of aryl methyl sites for hydroxylation is 1. The number of hydrogen-bond donors (Lipinski definition) is 1. The molecule has 2 saturated heterocycles. The van der Waals surface area contributed by atoms with Crippen LogP contribution in [0.5, 0.6) is 0 Å². The molecule has 2 aliphatic heterocycles. The van der Waals surface area contributed by atoms with Gasteiger partial charge in [-0.2, -0.15) is 13.2 Å². The van der Waals surface area contributed by atoms with Crippen molar-refractivity contribution in [3.63, 3.8) is 0 Å². The summed E-state index contributed by atoms with van der Waals surface area (Å²) in [6.07, 6.45) is -1.30. The highest BCUT2D eigenvalue weighted by Gasteiger charge is 2.50. The molecule has 2 heterocycles. The van der Waals surface area contributed by atoms with Gasteiger partial charge >= 0.3 is 12.1 Å². The van der Waals surface area contributed by atoms with Crippen molar-refractivity contribution in [1.82, 2.24) is 9.80 Å². The first-order valence-electron chi connectivity index (χ1n) is 10.9. The van der Waals surface area contributed by atoms with Crippen LogP contribution in [0.15, 0.2) is 24.3 Å². The van der Waals surface area contributed by atoms with Crippen LogP contribution in [-0.2, 0) is 9.53 Å². The van der Waals surface area contributed by atoms with E-state index in [0.717, 1.165) is 62.9 Å². The molecule has 6 nitrogen and oxygen atoms in total. The van der Waals surface area contributed by atoms with Crippen LogP contribution < -0.4 is 0 Å². The Hall–Kier alpha value is -2.13. The molecule has 1 aromatic carbocycles. The molecule has 1 N–H and O–H groups in total. The van der Waals surface area contributed by atoms with E-state index in [-0.39, 0.29) is 11.3 Å². The second-order valence-corrected chi connectivity index (χ2v) is 9.39. The summed E-state index contributed by atoms with van der Waals surface area (Å²) in [7, 11) is 2.20. The third kappa shape index (κ3) is 6.22. The Bertz CT molecular complexity index is 828. The molecule has 178 valence electrons. The Kier molecular flexibility index (Phi) is 7.50. The molecule has 1 amide bonds. The van der Waals surface area contributed by atoms with Gasteiger partial charge in [0.05, 0.1) is 6.61 Å². The maximum absolute atomic E-state index is 12.9. The van der Waals surface area contributed by atoms with Crippen molar-refractivity contribution in [2.24, 2.45) is 17.3 Å². The number of carboxylic acids is 1. The molecule has 1 aromatic rings. The number of carboxylic acid groups (broad SMARTS) is 1. The van der Waals surface area contributed by atoms with Gasteiger partial charge in [-0.3, -0.25) is 4.79 Å². The Balaban J connectivity index is 0.000000360. The third-order valence-corrected chi connectivity index (χ3v) is 6.53. The van der Waals surface area contributed by atoms with Gasteiger partial charge in [-0.15, -0.1) is 0 Å². The summed E-state index contributed by atoms with van der Waals surface area (Å²) in [4.78, 5) is 26.3. The number of ether oxygens (including phenoxy) is 1. The van der Waals surface area contributed by atoms with E-state index >= 15 is 0 Å². The fraction of sp³-hybridized carbons (Fsp3) is 0.652. The number of rotatable bonds is 5. The van der Waals surface area contributed by atoms with Crippen molar-refractivity contribution in [3.8, 4) is 0 Å². The van der Waals surface area contributed by atoms with Crippen molar-refractivity contribution >= 4 is 11.9 Å². The number of nitrogens with zero attached hydrogens (tertiary/aromatic N) is 2. The first kappa shape index (κ1) is 24.5. The SMILES string of the molecule is Cc1cccc(C(=O)N2CC[C@@]3(CN(C)C[C@@H]3COCC3CC3)C2)c1.O=C(O)C(F)(F)F. The molecular formula is C23H31F3N2O4. The van der Waals surface area contributed by atoms with Gasteiger partial charge in [-0.25, -0.2) is 4.79 Å². The minimum Gasteiger partial charge on any atom is -0.475 e. The summed E-state index contributed by atoms with van der Waals surface area (Å²) in [6, 6.07) is 7.97. The van der Waals surface area contributed by atoms with Crippen LogP contribution in [0.1, 0.15) is 35.2 Å². The average Bonchev–Trinajstić information content (AvgIpc) is 3.36. The van der Waals surface area contributed by atoms with Crippen molar-refractivity contribution in [2.75, 3.05) is 46.4 Å². The van der Waals surface area contributed by atoms with Crippen LogP contribution >= 0.6 is 0 Å². The lowest BCUT2D eigenvalue weighted by Crippen LogP contribution is -2.38. The molecule has 4 rings (SSSR count). The second-order valence-electron chi connectivity index (χ2n) is 9.39. The van der Waals surface area contributed by atoms with E-state index in [1.165, 1.54) is 12.8 Å². The third-order valence-electron chi connectivity index (χ3n) is 6.53. The van der Waals surface area contributed by atoms with Crippen LogP contribution in [0, 0.1) is 24.2 Å². The number of amides is 1. The number of likely N-dealkylation sites (tertiary alicyclic amines) is 2. The summed E-state index contributed by atoms with van der Waals surface area (Å²) in [5.41, 5.74) is 2.19. The van der Waals surface area contributed by atoms with Crippen molar-refractivity contribution in [2.45, 2.75) is 32.4 Å². The Morgan fingerprint density at radius 2 is 1.91 bits per heavy atom. The van der Waals surface area contributed by atoms with Crippen LogP contribution in [0.25, 0.3) is 0 Å². The van der Waals surface area contributed by atoms with Gasteiger partial charge in [-0.05, 0) is 51.3 Å². The number of benzene rings is 1. The fourth-order valence-corrected chi connectivity index (χ4v) is 4.68. The number of aliphatic carboxylic acids is 1. The predicted molar refractivity (Wildman–Crippen MR) is 112 cm³/mol. The molecule has 32 heavy (non-hydrogen) atoms. The summed E-state index contributed by atoms with van der Waals surface area (Å²) >= 11 is 0. The van der Waals surface area contributed by atoms with E-state index in [1.54, 1.807) is 0 Å². The smallest absolute Gasteiger partial charge is 0.475 e. The molecule has 1 saturated carbocycles. The highest BCUT2D eigenvalue weighted by Crippen LogP contribution is 2.44. The highest BCUT2D eigenvalue weighted by atomic mass is 19.4. The largest absolute Gasteiger partial charge is 0.490 e. The number of hydrogen-bond acceptors (Lipinski definition) is 4. The summed E-state index contributed by atoms with van der Waals surface area (Å²) in [5.74, 6) is -1.20. The van der Waals surface area contributed by atoms with Gasteiger partial charge in [0.1, 0.15) is 0 Å². The topological polar surface area (TPSA) is 70.1 Å². The molecule has 3 fully saturated rings. The molecule has 0 bridgehead atoms. The molecule has 0 aromatic heterocycles. The van der Waals surface area contributed by atoms with E-state index in [4.69, 9.17) is 14.6 Å². The number of carbonyl (C=O) groups is 2. The second kappa shape index (κ2) is 9.79. The Labute approximate surface area is 186 Å². The fourth-order valence-electron chi connectivity index (χ4n) is 4.68. The van der Waals surface area contributed by atoms with E-state index in [0.29, 0.717) is 5.92 Å². The zero-order valence-electron chi connectivity index (χ0n) is 18.5. The Morgan fingerprint density at radius 1 is 1.22 bits per heavy atom. The molecule has 1 spiro atoms. The monoisotopic (exact) mass is 456 g/mol. The average molecular weight is 457 g/mol. The lowest BCUT2D eigenvalue weighted by atomic mass is 9.77. The number of halogens is 3. The molecule has 1 aliphatic carbocycles. The van der Waals surface area contributed by atoms with Gasteiger partial charge in [0.25, 0.3) is 5.91 Å². The Morgan fingerprint density at radius 3 is 2.50 bits per heavy atom. The minimum atomic E-state index is -5.08. The maximum Gasteiger partial charge on any atom is 0.490 e. The van der Waals surface area contributed by atoms with Gasteiger partial charge in [-0.1, -0.05) is 17.7 Å². The first-order valence-corrected chi connectivity index (χ1v) is 10.9. The molecule has 0 radical (unpaired) electrons. The normalized spacial score (nSPS) is 25.7. The molecule has 9 heteroatoms. The zero-order valence-corrected chi connectivity index (χ0v) is 18.5. The first-order chi connectivity index (χ1) is 15.0. The molecule has 2 atom stereocenters. The highest BCUT2D eigenvalue weighted by molar-refractivity contribution is 5.94. The summed E-state index contributed by atoms with van der Waals surface area (Å²) in [5, 5.41) is 7.12. The summed E-state index contributed by atoms with van der Waals surface area (Å²) in [6.45, 7) is 7.76. The van der Waals surface area contributed by atoms with Gasteiger partial charge in [0, 0.05) is 49.7 Å². The van der Waals surface area contributed by atoms with Crippen LogP contribution in [0.2, 0.25) is 0 Å². The van der Waals surface area contributed by atoms with Gasteiger partial charge < -0.3 is 19.6 Å². The quantitative estimate of drug-likeness (QED) is 0.735. The number of alkyl halides is 3. The minimum absolute atomic E-state index is 0.188. The zero-order chi connectivity index (χ0) is 23.5. The van der Waals surface area contributed by atoms with Crippen molar-refractivity contribution < 1.29 is 32.6 Å². The predicted octanol–water partition coefficient (Wildman–Crippen LogP) is 3.45. The van der Waals surface area contributed by atoms with E-state index in [9.17, 15) is 18.0 Å². The van der Waals surface area contributed by atoms with Crippen LogP contribution in [-0.4, -0.2) is 79.4 Å². The van der Waals surface area contributed by atoms with Crippen LogP contribution in [0.3, 0.4) is 0 Å². The van der Waals surface area contributed by atoms with E-state index in [1.807, 2.05) is 31.2 Å². The lowest BCUT2D eigenvalue weighted by molar-refractivity contribution is -0.192. The van der Waals surface area contributed by atoms with Gasteiger partial charge in [0.2, 0.25) is 0 Å².